The molecule has 0 unspecified atom stereocenters. The topological polar surface area (TPSA) is 58.8 Å². The number of imidazole rings is 1. The van der Waals surface area contributed by atoms with E-state index in [9.17, 15) is 4.79 Å². The van der Waals surface area contributed by atoms with Gasteiger partial charge < -0.3 is 5.32 Å². The number of pyridine rings is 1. The molecule has 0 saturated carbocycles. The molecule has 4 rings (SSSR count). The number of benzene rings is 1. The number of hydrogen-bond acceptors (Lipinski definition) is 4. The van der Waals surface area contributed by atoms with Crippen molar-refractivity contribution < 1.29 is 4.79 Å². The summed E-state index contributed by atoms with van der Waals surface area (Å²) in [7, 11) is 0. The number of amidine groups is 1. The minimum atomic E-state index is -0.470. The van der Waals surface area contributed by atoms with E-state index in [4.69, 9.17) is 0 Å². The molecule has 0 saturated heterocycles. The highest BCUT2D eigenvalue weighted by Gasteiger charge is 2.28. The fourth-order valence-electron chi connectivity index (χ4n) is 2.67. The Morgan fingerprint density at radius 1 is 1.17 bits per heavy atom. The van der Waals surface area contributed by atoms with E-state index in [1.807, 2.05) is 48.7 Å². The van der Waals surface area contributed by atoms with Gasteiger partial charge in [-0.25, -0.2) is 4.98 Å². The predicted molar refractivity (Wildman–Crippen MR) is 93.3 cm³/mol. The highest BCUT2D eigenvalue weighted by atomic mass is 79.9. The molecule has 3 heterocycles. The standard InChI is InChI=1S/C17H13BrN4O/c1-10-15(23)14-17(20-13-4-2-3-9-22(13)14)21-16(19-10)11-5-7-12(18)8-6-11/h2-10H,1H3,(H,19,21)/t10-/m0/s1. The summed E-state index contributed by atoms with van der Waals surface area (Å²) in [6, 6.07) is 13.0. The molecule has 5 nitrogen and oxygen atoms in total. The van der Waals surface area contributed by atoms with E-state index in [1.165, 1.54) is 0 Å². The van der Waals surface area contributed by atoms with Gasteiger partial charge in [-0.05, 0) is 31.2 Å². The number of ketones is 1. The van der Waals surface area contributed by atoms with E-state index in [1.54, 1.807) is 11.3 Å². The Hall–Kier alpha value is -2.47. The van der Waals surface area contributed by atoms with Gasteiger partial charge >= 0.3 is 0 Å². The van der Waals surface area contributed by atoms with Crippen LogP contribution in [0.25, 0.3) is 5.65 Å². The van der Waals surface area contributed by atoms with Crippen LogP contribution < -0.4 is 5.32 Å². The number of hydrogen-bond donors (Lipinski definition) is 1. The number of aromatic nitrogens is 2. The zero-order valence-electron chi connectivity index (χ0n) is 12.3. The van der Waals surface area contributed by atoms with Crippen molar-refractivity contribution in [3.63, 3.8) is 0 Å². The van der Waals surface area contributed by atoms with Crippen molar-refractivity contribution in [3.05, 3.63) is 64.4 Å². The first kappa shape index (κ1) is 14.1. The third-order valence-corrected chi connectivity index (χ3v) is 4.35. The van der Waals surface area contributed by atoms with Crippen molar-refractivity contribution in [2.75, 3.05) is 5.32 Å². The van der Waals surface area contributed by atoms with Crippen LogP contribution in [0.4, 0.5) is 5.82 Å². The van der Waals surface area contributed by atoms with E-state index in [0.29, 0.717) is 17.3 Å². The van der Waals surface area contributed by atoms with Gasteiger partial charge in [0.15, 0.2) is 5.82 Å². The SMILES string of the molecule is C[C@@H]1N=C(c2ccc(Br)cc2)Nc2nc3ccccn3c2C1=O. The molecule has 0 radical (unpaired) electrons. The maximum absolute atomic E-state index is 12.7. The van der Waals surface area contributed by atoms with Crippen LogP contribution in [-0.2, 0) is 0 Å². The van der Waals surface area contributed by atoms with Crippen LogP contribution in [0, 0.1) is 0 Å². The molecule has 1 N–H and O–H groups in total. The van der Waals surface area contributed by atoms with Crippen molar-refractivity contribution in [2.24, 2.45) is 4.99 Å². The second kappa shape index (κ2) is 5.31. The number of halogens is 1. The average Bonchev–Trinajstić information content (AvgIpc) is 2.86. The van der Waals surface area contributed by atoms with Gasteiger partial charge in [0.05, 0.1) is 0 Å². The molecular weight excluding hydrogens is 356 g/mol. The monoisotopic (exact) mass is 368 g/mol. The van der Waals surface area contributed by atoms with Gasteiger partial charge in [-0.1, -0.05) is 34.1 Å². The molecule has 2 aromatic heterocycles. The third kappa shape index (κ3) is 2.35. The molecule has 23 heavy (non-hydrogen) atoms. The number of nitrogens with zero attached hydrogens (tertiary/aromatic N) is 3. The van der Waals surface area contributed by atoms with E-state index in [2.05, 4.69) is 31.2 Å². The molecule has 1 aromatic carbocycles. The van der Waals surface area contributed by atoms with Gasteiger partial charge in [-0.3, -0.25) is 14.2 Å². The minimum absolute atomic E-state index is 0.0432. The van der Waals surface area contributed by atoms with Crippen LogP contribution >= 0.6 is 15.9 Å². The highest BCUT2D eigenvalue weighted by Crippen LogP contribution is 2.24. The average molecular weight is 369 g/mol. The Bertz CT molecular complexity index is 943. The molecular formula is C17H13BrN4O. The lowest BCUT2D eigenvalue weighted by Crippen LogP contribution is -2.17. The number of fused-ring (bicyclic) bond motifs is 3. The van der Waals surface area contributed by atoms with Crippen molar-refractivity contribution in [2.45, 2.75) is 13.0 Å². The van der Waals surface area contributed by atoms with Crippen molar-refractivity contribution >= 4 is 39.0 Å². The Morgan fingerprint density at radius 2 is 1.96 bits per heavy atom. The number of nitrogens with one attached hydrogen (secondary N) is 1. The maximum Gasteiger partial charge on any atom is 0.207 e. The van der Waals surface area contributed by atoms with E-state index >= 15 is 0 Å². The molecule has 0 aliphatic carbocycles. The fourth-order valence-corrected chi connectivity index (χ4v) is 2.93. The predicted octanol–water partition coefficient (Wildman–Crippen LogP) is 3.54. The van der Waals surface area contributed by atoms with E-state index in [0.717, 1.165) is 15.7 Å². The lowest BCUT2D eigenvalue weighted by atomic mass is 10.1. The van der Waals surface area contributed by atoms with Crippen molar-refractivity contribution in [1.82, 2.24) is 9.38 Å². The van der Waals surface area contributed by atoms with Gasteiger partial charge in [0.25, 0.3) is 0 Å². The van der Waals surface area contributed by atoms with Crippen LogP contribution in [0.3, 0.4) is 0 Å². The second-order valence-electron chi connectivity index (χ2n) is 5.39. The first-order valence-electron chi connectivity index (χ1n) is 7.25. The van der Waals surface area contributed by atoms with Crippen LogP contribution in [0.5, 0.6) is 0 Å². The molecule has 3 aromatic rings. The van der Waals surface area contributed by atoms with Crippen LogP contribution in [0.2, 0.25) is 0 Å². The van der Waals surface area contributed by atoms with Gasteiger partial charge in [-0.2, -0.15) is 0 Å². The van der Waals surface area contributed by atoms with Gasteiger partial charge in [-0.15, -0.1) is 0 Å². The van der Waals surface area contributed by atoms with Crippen LogP contribution in [-0.4, -0.2) is 27.0 Å². The lowest BCUT2D eigenvalue weighted by molar-refractivity contribution is 0.0965. The molecule has 1 atom stereocenters. The zero-order chi connectivity index (χ0) is 16.0. The number of Topliss-reactive ketones (excluding diaryl/α,β-unsaturated/α-hetero) is 1. The smallest absolute Gasteiger partial charge is 0.207 e. The summed E-state index contributed by atoms with van der Waals surface area (Å²) in [5, 5.41) is 3.23. The maximum atomic E-state index is 12.7. The molecule has 114 valence electrons. The molecule has 6 heteroatoms. The molecule has 1 aliphatic rings. The lowest BCUT2D eigenvalue weighted by Gasteiger charge is -2.07. The largest absolute Gasteiger partial charge is 0.323 e. The Morgan fingerprint density at radius 3 is 2.74 bits per heavy atom. The third-order valence-electron chi connectivity index (χ3n) is 3.82. The Kier molecular flexibility index (Phi) is 3.27. The minimum Gasteiger partial charge on any atom is -0.323 e. The molecule has 0 spiro atoms. The van der Waals surface area contributed by atoms with E-state index < -0.39 is 6.04 Å². The number of carbonyl (C=O) groups is 1. The number of rotatable bonds is 1. The second-order valence-corrected chi connectivity index (χ2v) is 6.30. The summed E-state index contributed by atoms with van der Waals surface area (Å²) >= 11 is 3.43. The molecule has 0 bridgehead atoms. The summed E-state index contributed by atoms with van der Waals surface area (Å²) in [4.78, 5) is 21.8. The quantitative estimate of drug-likeness (QED) is 0.714. The first-order chi connectivity index (χ1) is 11.1. The number of aliphatic imine (C=N–C) groups is 1. The van der Waals surface area contributed by atoms with Crippen LogP contribution in [0.1, 0.15) is 23.0 Å². The van der Waals surface area contributed by atoms with E-state index in [-0.39, 0.29) is 5.78 Å². The first-order valence-corrected chi connectivity index (χ1v) is 8.05. The Labute approximate surface area is 141 Å². The fraction of sp³-hybridized carbons (Fsp3) is 0.118. The number of anilines is 1. The van der Waals surface area contributed by atoms with Crippen LogP contribution in [0.15, 0.2) is 58.1 Å². The summed E-state index contributed by atoms with van der Waals surface area (Å²) in [6.45, 7) is 1.81. The van der Waals surface area contributed by atoms with Gasteiger partial charge in [0.2, 0.25) is 5.78 Å². The Balaban J connectivity index is 1.88. The normalized spacial score (nSPS) is 17.4. The zero-order valence-corrected chi connectivity index (χ0v) is 13.9. The van der Waals surface area contributed by atoms with Crippen molar-refractivity contribution in [3.8, 4) is 0 Å². The highest BCUT2D eigenvalue weighted by molar-refractivity contribution is 9.10. The van der Waals surface area contributed by atoms with Gasteiger partial charge in [0.1, 0.15) is 23.2 Å². The molecule has 1 aliphatic heterocycles. The summed E-state index contributed by atoms with van der Waals surface area (Å²) in [5.41, 5.74) is 2.20. The van der Waals surface area contributed by atoms with Gasteiger partial charge in [0, 0.05) is 16.2 Å². The summed E-state index contributed by atoms with van der Waals surface area (Å²) < 4.78 is 2.80. The summed E-state index contributed by atoms with van der Waals surface area (Å²) in [5.74, 6) is 1.16. The molecule has 0 fully saturated rings. The molecule has 0 amide bonds. The van der Waals surface area contributed by atoms with Crippen molar-refractivity contribution in [1.29, 1.82) is 0 Å². The summed E-state index contributed by atoms with van der Waals surface area (Å²) in [6.07, 6.45) is 1.85. The number of carbonyl (C=O) groups excluding carboxylic acids is 1.